The summed E-state index contributed by atoms with van der Waals surface area (Å²) in [5.41, 5.74) is 5.19. The average Bonchev–Trinajstić information content (AvgIpc) is 3.22. The van der Waals surface area contributed by atoms with Crippen LogP contribution in [0.2, 0.25) is 0 Å². The number of amides is 2. The summed E-state index contributed by atoms with van der Waals surface area (Å²) in [5.74, 6) is -0.231. The lowest BCUT2D eigenvalue weighted by Gasteiger charge is -2.10. The molecule has 4 aromatic rings. The van der Waals surface area contributed by atoms with Crippen molar-refractivity contribution in [2.45, 2.75) is 20.4 Å². The third-order valence-electron chi connectivity index (χ3n) is 5.06. The van der Waals surface area contributed by atoms with Gasteiger partial charge in [0.2, 0.25) is 5.91 Å². The Bertz CT molecular complexity index is 1210. The van der Waals surface area contributed by atoms with E-state index >= 15 is 0 Å². The molecule has 0 unspecified atom stereocenters. The number of hydrogen-bond donors (Lipinski definition) is 2. The summed E-state index contributed by atoms with van der Waals surface area (Å²) in [5, 5.41) is 5.79. The molecule has 0 bridgehead atoms. The highest BCUT2D eigenvalue weighted by atomic mass is 16.2. The minimum Gasteiger partial charge on any atom is -0.348 e. The van der Waals surface area contributed by atoms with Crippen molar-refractivity contribution >= 4 is 28.5 Å². The minimum absolute atomic E-state index is 0.0202. The number of fused-ring (bicyclic) bond motifs is 1. The Kier molecular flexibility index (Phi) is 5.80. The molecule has 156 valence electrons. The molecular formula is C25H24N4O2. The summed E-state index contributed by atoms with van der Waals surface area (Å²) in [6.07, 6.45) is 1.78. The highest BCUT2D eigenvalue weighted by Crippen LogP contribution is 2.18. The van der Waals surface area contributed by atoms with E-state index in [9.17, 15) is 9.59 Å². The number of imidazole rings is 1. The summed E-state index contributed by atoms with van der Waals surface area (Å²) in [4.78, 5) is 28.7. The molecule has 0 aliphatic carbocycles. The largest absolute Gasteiger partial charge is 0.348 e. The lowest BCUT2D eigenvalue weighted by molar-refractivity contribution is -0.118. The number of nitrogens with one attached hydrogen (secondary N) is 2. The molecule has 2 amide bonds. The van der Waals surface area contributed by atoms with Gasteiger partial charge in [0.05, 0.1) is 11.0 Å². The number of rotatable bonds is 6. The molecule has 0 spiro atoms. The van der Waals surface area contributed by atoms with E-state index < -0.39 is 0 Å². The number of nitrogens with zero attached hydrogens (tertiary/aromatic N) is 2. The van der Waals surface area contributed by atoms with Crippen LogP contribution in [0.15, 0.2) is 79.1 Å². The van der Waals surface area contributed by atoms with Crippen molar-refractivity contribution in [3.05, 3.63) is 90.3 Å². The molecule has 0 aliphatic rings. The van der Waals surface area contributed by atoms with Crippen molar-refractivity contribution in [2.24, 2.45) is 5.92 Å². The molecule has 31 heavy (non-hydrogen) atoms. The molecule has 4 rings (SSSR count). The molecule has 0 saturated heterocycles. The maximum atomic E-state index is 12.5. The van der Waals surface area contributed by atoms with Crippen LogP contribution in [0.3, 0.4) is 0 Å². The molecule has 0 atom stereocenters. The van der Waals surface area contributed by atoms with E-state index in [1.54, 1.807) is 6.33 Å². The van der Waals surface area contributed by atoms with Gasteiger partial charge in [0.25, 0.3) is 5.91 Å². The van der Waals surface area contributed by atoms with E-state index in [2.05, 4.69) is 15.6 Å². The number of aromatic nitrogens is 2. The Hall–Kier alpha value is -3.93. The van der Waals surface area contributed by atoms with E-state index in [0.717, 1.165) is 28.0 Å². The topological polar surface area (TPSA) is 76.0 Å². The lowest BCUT2D eigenvalue weighted by atomic mass is 10.1. The van der Waals surface area contributed by atoms with Crippen molar-refractivity contribution < 1.29 is 9.59 Å². The standard InChI is InChI=1S/C25H24N4O2/c1-17(2)24(30)28-20-11-7-18(8-12-20)15-26-25(31)19-9-13-21(14-10-19)29-16-27-22-5-3-4-6-23(22)29/h3-14,16-17H,15H2,1-2H3,(H,26,31)(H,28,30). The van der Waals surface area contributed by atoms with Gasteiger partial charge in [-0.2, -0.15) is 0 Å². The van der Waals surface area contributed by atoms with Gasteiger partial charge < -0.3 is 10.6 Å². The molecule has 0 aliphatic heterocycles. The highest BCUT2D eigenvalue weighted by molar-refractivity contribution is 5.94. The molecule has 1 aromatic heterocycles. The predicted octanol–water partition coefficient (Wildman–Crippen LogP) is 4.55. The van der Waals surface area contributed by atoms with E-state index in [1.807, 2.05) is 91.2 Å². The molecule has 1 heterocycles. The molecule has 6 nitrogen and oxygen atoms in total. The fourth-order valence-electron chi connectivity index (χ4n) is 3.22. The number of carbonyl (C=O) groups excluding carboxylic acids is 2. The van der Waals surface area contributed by atoms with Gasteiger partial charge in [-0.3, -0.25) is 14.2 Å². The Morgan fingerprint density at radius 3 is 2.35 bits per heavy atom. The Balaban J connectivity index is 1.37. The lowest BCUT2D eigenvalue weighted by Crippen LogP contribution is -2.22. The summed E-state index contributed by atoms with van der Waals surface area (Å²) in [7, 11) is 0. The SMILES string of the molecule is CC(C)C(=O)Nc1ccc(CNC(=O)c2ccc(-n3cnc4ccccc43)cc2)cc1. The van der Waals surface area contributed by atoms with Gasteiger partial charge in [-0.15, -0.1) is 0 Å². The van der Waals surface area contributed by atoms with E-state index in [1.165, 1.54) is 0 Å². The van der Waals surface area contributed by atoms with Gasteiger partial charge >= 0.3 is 0 Å². The molecule has 0 saturated carbocycles. The third-order valence-corrected chi connectivity index (χ3v) is 5.06. The van der Waals surface area contributed by atoms with Gasteiger partial charge in [-0.05, 0) is 54.1 Å². The van der Waals surface area contributed by atoms with Gasteiger partial charge in [0, 0.05) is 29.4 Å². The number of hydrogen-bond acceptors (Lipinski definition) is 3. The smallest absolute Gasteiger partial charge is 0.251 e. The van der Waals surface area contributed by atoms with E-state index in [4.69, 9.17) is 0 Å². The molecule has 0 fully saturated rings. The van der Waals surface area contributed by atoms with Gasteiger partial charge in [-0.25, -0.2) is 4.98 Å². The Labute approximate surface area is 180 Å². The quantitative estimate of drug-likeness (QED) is 0.488. The monoisotopic (exact) mass is 412 g/mol. The average molecular weight is 412 g/mol. The van der Waals surface area contributed by atoms with Crippen LogP contribution in [0.4, 0.5) is 5.69 Å². The molecule has 6 heteroatoms. The van der Waals surface area contributed by atoms with Gasteiger partial charge in [-0.1, -0.05) is 38.1 Å². The number of para-hydroxylation sites is 2. The Morgan fingerprint density at radius 2 is 1.65 bits per heavy atom. The van der Waals surface area contributed by atoms with E-state index in [0.29, 0.717) is 12.1 Å². The zero-order valence-corrected chi connectivity index (χ0v) is 17.5. The maximum Gasteiger partial charge on any atom is 0.251 e. The van der Waals surface area contributed by atoms with E-state index in [-0.39, 0.29) is 17.7 Å². The third kappa shape index (κ3) is 4.64. The first-order chi connectivity index (χ1) is 15.0. The number of carbonyl (C=O) groups is 2. The summed E-state index contributed by atoms with van der Waals surface area (Å²) < 4.78 is 2.00. The number of benzene rings is 3. The van der Waals surface area contributed by atoms with Gasteiger partial charge in [0.1, 0.15) is 6.33 Å². The molecule has 0 radical (unpaired) electrons. The van der Waals surface area contributed by atoms with Crippen molar-refractivity contribution in [1.82, 2.24) is 14.9 Å². The molecular weight excluding hydrogens is 388 g/mol. The molecule has 2 N–H and O–H groups in total. The first-order valence-electron chi connectivity index (χ1n) is 10.2. The first kappa shape index (κ1) is 20.3. The van der Waals surface area contributed by atoms with Crippen LogP contribution >= 0.6 is 0 Å². The van der Waals surface area contributed by atoms with Gasteiger partial charge in [0.15, 0.2) is 0 Å². The zero-order valence-electron chi connectivity index (χ0n) is 17.5. The van der Waals surface area contributed by atoms with Crippen molar-refractivity contribution in [2.75, 3.05) is 5.32 Å². The van der Waals surface area contributed by atoms with Crippen molar-refractivity contribution in [3.63, 3.8) is 0 Å². The fraction of sp³-hybridized carbons (Fsp3) is 0.160. The van der Waals surface area contributed by atoms with Crippen LogP contribution < -0.4 is 10.6 Å². The van der Waals surface area contributed by atoms with Crippen LogP contribution in [0.1, 0.15) is 29.8 Å². The maximum absolute atomic E-state index is 12.5. The Morgan fingerprint density at radius 1 is 0.935 bits per heavy atom. The fourth-order valence-corrected chi connectivity index (χ4v) is 3.22. The second kappa shape index (κ2) is 8.83. The summed E-state index contributed by atoms with van der Waals surface area (Å²) in [6.45, 7) is 4.11. The van der Waals surface area contributed by atoms with Crippen molar-refractivity contribution in [1.29, 1.82) is 0 Å². The predicted molar refractivity (Wildman–Crippen MR) is 122 cm³/mol. The zero-order chi connectivity index (χ0) is 21.8. The highest BCUT2D eigenvalue weighted by Gasteiger charge is 2.09. The second-order valence-corrected chi connectivity index (χ2v) is 7.67. The van der Waals surface area contributed by atoms with Crippen LogP contribution in [-0.2, 0) is 11.3 Å². The first-order valence-corrected chi connectivity index (χ1v) is 10.2. The normalized spacial score (nSPS) is 10.9. The van der Waals surface area contributed by atoms with Crippen LogP contribution in [0.25, 0.3) is 16.7 Å². The van der Waals surface area contributed by atoms with Crippen LogP contribution in [0.5, 0.6) is 0 Å². The minimum atomic E-state index is -0.140. The summed E-state index contributed by atoms with van der Waals surface area (Å²) >= 11 is 0. The number of anilines is 1. The second-order valence-electron chi connectivity index (χ2n) is 7.67. The molecule has 3 aromatic carbocycles. The summed E-state index contributed by atoms with van der Waals surface area (Å²) in [6, 6.07) is 22.8. The van der Waals surface area contributed by atoms with Crippen LogP contribution in [-0.4, -0.2) is 21.4 Å². The van der Waals surface area contributed by atoms with Crippen LogP contribution in [0, 0.1) is 5.92 Å². The van der Waals surface area contributed by atoms with Crippen molar-refractivity contribution in [3.8, 4) is 5.69 Å².